The molecule has 5 nitrogen and oxygen atoms in total. The van der Waals surface area contributed by atoms with Crippen LogP contribution in [-0.2, 0) is 10.4 Å². The van der Waals surface area contributed by atoms with E-state index < -0.39 is 30.6 Å². The first kappa shape index (κ1) is 12.5. The standard InChI is InChI=1S/C17H22FN3O2/c1-4-14(22)19-16-20-15-12(18)8-10(17(2,3)23)9-13(15)21(16)11-6-5-7-11/h8-9,11,23H,4-7H2,1-3H3,(H,19,20,22)/i1D3. The summed E-state index contributed by atoms with van der Waals surface area (Å²) in [5, 5.41) is 12.7. The van der Waals surface area contributed by atoms with Crippen molar-refractivity contribution in [1.29, 1.82) is 0 Å². The second-order valence-corrected chi connectivity index (χ2v) is 6.50. The van der Waals surface area contributed by atoms with E-state index in [2.05, 4.69) is 10.3 Å². The zero-order chi connectivity index (χ0) is 19.3. The second kappa shape index (κ2) is 5.60. The van der Waals surface area contributed by atoms with Crippen LogP contribution in [0.5, 0.6) is 0 Å². The maximum absolute atomic E-state index is 14.6. The number of rotatable bonds is 4. The van der Waals surface area contributed by atoms with E-state index in [-0.39, 0.29) is 17.5 Å². The third kappa shape index (κ3) is 2.83. The molecule has 1 heterocycles. The van der Waals surface area contributed by atoms with Crippen LogP contribution in [0.15, 0.2) is 12.1 Å². The van der Waals surface area contributed by atoms with Gasteiger partial charge in [-0.05, 0) is 50.8 Å². The van der Waals surface area contributed by atoms with E-state index in [1.54, 1.807) is 24.5 Å². The number of benzene rings is 1. The van der Waals surface area contributed by atoms with Crippen LogP contribution in [0.2, 0.25) is 0 Å². The van der Waals surface area contributed by atoms with Crippen molar-refractivity contribution in [2.75, 3.05) is 5.32 Å². The van der Waals surface area contributed by atoms with Crippen molar-refractivity contribution in [3.8, 4) is 0 Å². The third-order valence-corrected chi connectivity index (χ3v) is 4.31. The number of carbonyl (C=O) groups is 1. The maximum atomic E-state index is 14.6. The Kier molecular flexibility index (Phi) is 3.04. The van der Waals surface area contributed by atoms with Crippen LogP contribution in [0.3, 0.4) is 0 Å². The van der Waals surface area contributed by atoms with Gasteiger partial charge in [-0.1, -0.05) is 6.85 Å². The van der Waals surface area contributed by atoms with E-state index in [9.17, 15) is 14.3 Å². The smallest absolute Gasteiger partial charge is 0.226 e. The van der Waals surface area contributed by atoms with Gasteiger partial charge < -0.3 is 9.67 Å². The van der Waals surface area contributed by atoms with Crippen LogP contribution in [0.25, 0.3) is 11.0 Å². The van der Waals surface area contributed by atoms with Gasteiger partial charge in [-0.2, -0.15) is 0 Å². The van der Waals surface area contributed by atoms with Gasteiger partial charge in [0.15, 0.2) is 5.82 Å². The first-order chi connectivity index (χ1) is 12.0. The lowest BCUT2D eigenvalue weighted by Crippen LogP contribution is -2.22. The summed E-state index contributed by atoms with van der Waals surface area (Å²) in [5.41, 5.74) is -0.248. The topological polar surface area (TPSA) is 67.2 Å². The van der Waals surface area contributed by atoms with Crippen molar-refractivity contribution < 1.29 is 18.4 Å². The molecule has 0 saturated heterocycles. The van der Waals surface area contributed by atoms with E-state index in [0.717, 1.165) is 19.3 Å². The Morgan fingerprint density at radius 1 is 1.57 bits per heavy atom. The van der Waals surface area contributed by atoms with Gasteiger partial charge in [-0.15, -0.1) is 0 Å². The first-order valence-electron chi connectivity index (χ1n) is 9.20. The summed E-state index contributed by atoms with van der Waals surface area (Å²) < 4.78 is 37.9. The van der Waals surface area contributed by atoms with Gasteiger partial charge in [0.1, 0.15) is 5.52 Å². The van der Waals surface area contributed by atoms with Crippen LogP contribution in [-0.4, -0.2) is 20.6 Å². The van der Waals surface area contributed by atoms with Gasteiger partial charge >= 0.3 is 0 Å². The molecule has 1 saturated carbocycles. The summed E-state index contributed by atoms with van der Waals surface area (Å²) in [6, 6.07) is 2.96. The Morgan fingerprint density at radius 3 is 2.87 bits per heavy atom. The number of imidazole rings is 1. The molecule has 1 aromatic heterocycles. The fraction of sp³-hybridized carbons (Fsp3) is 0.529. The number of fused-ring (bicyclic) bond motifs is 1. The number of nitrogens with one attached hydrogen (secondary N) is 1. The minimum absolute atomic E-state index is 0.0551. The summed E-state index contributed by atoms with van der Waals surface area (Å²) in [6.45, 7) is 0.740. The van der Waals surface area contributed by atoms with Crippen LogP contribution < -0.4 is 5.32 Å². The number of aliphatic hydroxyl groups is 1. The number of nitrogens with zero attached hydrogens (tertiary/aromatic N) is 2. The average Bonchev–Trinajstić information content (AvgIpc) is 2.73. The second-order valence-electron chi connectivity index (χ2n) is 6.50. The Morgan fingerprint density at radius 2 is 2.30 bits per heavy atom. The van der Waals surface area contributed by atoms with Crippen molar-refractivity contribution in [3.63, 3.8) is 0 Å². The molecule has 6 heteroatoms. The van der Waals surface area contributed by atoms with E-state index >= 15 is 0 Å². The molecule has 2 aromatic rings. The van der Waals surface area contributed by atoms with Crippen LogP contribution >= 0.6 is 0 Å². The largest absolute Gasteiger partial charge is 0.386 e. The lowest BCUT2D eigenvalue weighted by atomic mass is 9.92. The van der Waals surface area contributed by atoms with Crippen molar-refractivity contribution >= 4 is 22.9 Å². The lowest BCUT2D eigenvalue weighted by Gasteiger charge is -2.29. The fourth-order valence-electron chi connectivity index (χ4n) is 2.78. The van der Waals surface area contributed by atoms with Crippen molar-refractivity contribution in [2.24, 2.45) is 0 Å². The summed E-state index contributed by atoms with van der Waals surface area (Å²) in [7, 11) is 0. The molecule has 1 aliphatic rings. The highest BCUT2D eigenvalue weighted by molar-refractivity contribution is 5.91. The number of hydrogen-bond acceptors (Lipinski definition) is 3. The predicted molar refractivity (Wildman–Crippen MR) is 86.7 cm³/mol. The van der Waals surface area contributed by atoms with Gasteiger partial charge in [-0.25, -0.2) is 9.37 Å². The predicted octanol–water partition coefficient (Wildman–Crippen LogP) is 3.48. The SMILES string of the molecule is [2H]C([2H])([2H])CC(=O)Nc1nc2c(F)cc(C(C)(C)O)cc2n1C1CCC1. The normalized spacial score (nSPS) is 18.2. The van der Waals surface area contributed by atoms with Gasteiger partial charge in [0.25, 0.3) is 0 Å². The Bertz CT molecular complexity index is 852. The molecular weight excluding hydrogens is 297 g/mol. The maximum Gasteiger partial charge on any atom is 0.226 e. The Balaban J connectivity index is 2.08. The molecule has 1 aromatic carbocycles. The summed E-state index contributed by atoms with van der Waals surface area (Å²) >= 11 is 0. The Labute approximate surface area is 138 Å². The average molecular weight is 322 g/mol. The summed E-state index contributed by atoms with van der Waals surface area (Å²) in [4.78, 5) is 16.2. The van der Waals surface area contributed by atoms with Crippen molar-refractivity contribution in [2.45, 2.75) is 58.0 Å². The highest BCUT2D eigenvalue weighted by Gasteiger charge is 2.28. The first-order valence-corrected chi connectivity index (χ1v) is 7.70. The summed E-state index contributed by atoms with van der Waals surface area (Å²) in [5.74, 6) is -1.14. The minimum Gasteiger partial charge on any atom is -0.386 e. The van der Waals surface area contributed by atoms with E-state index in [1.165, 1.54) is 6.07 Å². The van der Waals surface area contributed by atoms with E-state index in [4.69, 9.17) is 4.11 Å². The molecule has 1 fully saturated rings. The molecule has 0 aliphatic heterocycles. The molecule has 0 radical (unpaired) electrons. The zero-order valence-corrected chi connectivity index (χ0v) is 13.2. The number of anilines is 1. The number of halogens is 1. The van der Waals surface area contributed by atoms with Gasteiger partial charge in [0, 0.05) is 16.6 Å². The monoisotopic (exact) mass is 322 g/mol. The molecule has 124 valence electrons. The van der Waals surface area contributed by atoms with Gasteiger partial charge in [-0.3, -0.25) is 10.1 Å². The van der Waals surface area contributed by atoms with E-state index in [1.807, 2.05) is 0 Å². The highest BCUT2D eigenvalue weighted by atomic mass is 19.1. The van der Waals surface area contributed by atoms with Gasteiger partial charge in [0.2, 0.25) is 11.9 Å². The third-order valence-electron chi connectivity index (χ3n) is 4.31. The quantitative estimate of drug-likeness (QED) is 0.905. The molecular formula is C17H22FN3O2. The molecule has 0 bridgehead atoms. The lowest BCUT2D eigenvalue weighted by molar-refractivity contribution is -0.115. The number of amides is 1. The molecule has 3 rings (SSSR count). The number of aromatic nitrogens is 2. The molecule has 1 amide bonds. The number of hydrogen-bond donors (Lipinski definition) is 2. The zero-order valence-electron chi connectivity index (χ0n) is 16.2. The van der Waals surface area contributed by atoms with Crippen LogP contribution in [0.1, 0.15) is 62.1 Å². The van der Waals surface area contributed by atoms with E-state index in [0.29, 0.717) is 11.1 Å². The van der Waals surface area contributed by atoms with Crippen LogP contribution in [0.4, 0.5) is 10.3 Å². The van der Waals surface area contributed by atoms with Crippen molar-refractivity contribution in [1.82, 2.24) is 9.55 Å². The molecule has 2 N–H and O–H groups in total. The van der Waals surface area contributed by atoms with Gasteiger partial charge in [0.05, 0.1) is 11.1 Å². The molecule has 0 atom stereocenters. The highest BCUT2D eigenvalue weighted by Crippen LogP contribution is 2.38. The van der Waals surface area contributed by atoms with Crippen molar-refractivity contribution in [3.05, 3.63) is 23.5 Å². The fourth-order valence-corrected chi connectivity index (χ4v) is 2.78. The molecule has 0 unspecified atom stereocenters. The molecule has 1 aliphatic carbocycles. The summed E-state index contributed by atoms with van der Waals surface area (Å²) in [6.07, 6.45) is 2.10. The van der Waals surface area contributed by atoms with Crippen LogP contribution in [0, 0.1) is 5.82 Å². The minimum atomic E-state index is -2.39. The number of carbonyl (C=O) groups excluding carboxylic acids is 1. The Hall–Kier alpha value is -1.95. The molecule has 0 spiro atoms. The molecule has 23 heavy (non-hydrogen) atoms.